The normalized spacial score (nSPS) is 20.3. The van der Waals surface area contributed by atoms with Crippen molar-refractivity contribution in [2.75, 3.05) is 18.6 Å². The third kappa shape index (κ3) is 7.12. The van der Waals surface area contributed by atoms with Gasteiger partial charge < -0.3 is 9.47 Å². The molecule has 4 rings (SSSR count). The molecular formula is C32H34F6N2O5. The largest absolute Gasteiger partial charge is 0.496 e. The van der Waals surface area contributed by atoms with Crippen LogP contribution in [0.3, 0.4) is 0 Å². The van der Waals surface area contributed by atoms with Crippen LogP contribution in [0.4, 0.5) is 36.8 Å². The van der Waals surface area contributed by atoms with E-state index in [2.05, 4.69) is 0 Å². The molecule has 1 heterocycles. The van der Waals surface area contributed by atoms with Crippen LogP contribution in [0.5, 0.6) is 5.75 Å². The van der Waals surface area contributed by atoms with E-state index in [4.69, 9.17) is 9.47 Å². The summed E-state index contributed by atoms with van der Waals surface area (Å²) in [6.45, 7) is 8.10. The van der Waals surface area contributed by atoms with Gasteiger partial charge in [-0.3, -0.25) is 19.4 Å². The monoisotopic (exact) mass is 640 g/mol. The van der Waals surface area contributed by atoms with E-state index in [1.165, 1.54) is 32.8 Å². The highest BCUT2D eigenvalue weighted by Crippen LogP contribution is 2.47. The zero-order valence-corrected chi connectivity index (χ0v) is 25.7. The Morgan fingerprint density at radius 3 is 2.09 bits per heavy atom. The first-order valence-electron chi connectivity index (χ1n) is 14.2. The first-order valence-corrected chi connectivity index (χ1v) is 14.2. The van der Waals surface area contributed by atoms with Crippen LogP contribution in [-0.2, 0) is 26.7 Å². The van der Waals surface area contributed by atoms with Crippen LogP contribution in [0, 0.1) is 5.41 Å². The second-order valence-electron chi connectivity index (χ2n) is 12.2. The van der Waals surface area contributed by atoms with E-state index in [0.29, 0.717) is 42.0 Å². The van der Waals surface area contributed by atoms with Crippen LogP contribution in [0.25, 0.3) is 5.57 Å². The minimum absolute atomic E-state index is 0.0170. The van der Waals surface area contributed by atoms with Gasteiger partial charge in [-0.15, -0.1) is 0 Å². The van der Waals surface area contributed by atoms with Crippen molar-refractivity contribution in [3.63, 3.8) is 0 Å². The number of imide groups is 1. The SMILES string of the molecule is COc1ccc(N(C(C)=O)C(C)=O)cc1C1=C(CN2C(=O)OC(c3cc(C(F)(F)F)cc(C(F)(F)F)c3)C2C)CC(C)(C)CC1. The lowest BCUT2D eigenvalue weighted by atomic mass is 9.72. The molecule has 1 fully saturated rings. The number of methoxy groups -OCH3 is 1. The number of hydrogen-bond acceptors (Lipinski definition) is 5. The summed E-state index contributed by atoms with van der Waals surface area (Å²) in [5, 5.41) is 0. The molecule has 1 saturated heterocycles. The van der Waals surface area contributed by atoms with E-state index in [-0.39, 0.29) is 18.0 Å². The highest BCUT2D eigenvalue weighted by Gasteiger charge is 2.44. The number of ether oxygens (including phenoxy) is 2. The lowest BCUT2D eigenvalue weighted by molar-refractivity contribution is -0.143. The number of halogens is 6. The number of nitrogens with zero attached hydrogens (tertiary/aromatic N) is 2. The Labute approximate surface area is 256 Å². The zero-order valence-electron chi connectivity index (χ0n) is 25.7. The van der Waals surface area contributed by atoms with Crippen LogP contribution in [-0.4, -0.2) is 42.5 Å². The molecule has 2 atom stereocenters. The smallest absolute Gasteiger partial charge is 0.416 e. The van der Waals surface area contributed by atoms with Gasteiger partial charge in [-0.2, -0.15) is 26.3 Å². The molecule has 45 heavy (non-hydrogen) atoms. The van der Waals surface area contributed by atoms with Gasteiger partial charge in [0.25, 0.3) is 0 Å². The van der Waals surface area contributed by atoms with E-state index in [1.807, 2.05) is 13.8 Å². The maximum atomic E-state index is 13.5. The molecule has 0 bridgehead atoms. The van der Waals surface area contributed by atoms with Crippen LogP contribution < -0.4 is 9.64 Å². The van der Waals surface area contributed by atoms with E-state index >= 15 is 0 Å². The van der Waals surface area contributed by atoms with E-state index in [1.54, 1.807) is 18.2 Å². The maximum Gasteiger partial charge on any atom is 0.416 e. The van der Waals surface area contributed by atoms with Crippen molar-refractivity contribution in [2.24, 2.45) is 5.41 Å². The molecule has 2 unspecified atom stereocenters. The number of hydrogen-bond donors (Lipinski definition) is 0. The van der Waals surface area contributed by atoms with Crippen molar-refractivity contribution in [2.45, 2.75) is 78.4 Å². The van der Waals surface area contributed by atoms with E-state index in [9.17, 15) is 40.7 Å². The summed E-state index contributed by atoms with van der Waals surface area (Å²) in [4.78, 5) is 40.0. The Hall–Kier alpha value is -4.03. The fourth-order valence-corrected chi connectivity index (χ4v) is 6.05. The fourth-order valence-electron chi connectivity index (χ4n) is 6.05. The number of alkyl halides is 6. The number of benzene rings is 2. The predicted molar refractivity (Wildman–Crippen MR) is 153 cm³/mol. The summed E-state index contributed by atoms with van der Waals surface area (Å²) in [5.74, 6) is -0.516. The molecule has 1 aliphatic carbocycles. The summed E-state index contributed by atoms with van der Waals surface area (Å²) >= 11 is 0. The molecule has 13 heteroatoms. The van der Waals surface area contributed by atoms with Gasteiger partial charge in [-0.25, -0.2) is 4.79 Å². The molecular weight excluding hydrogens is 606 g/mol. The number of amides is 3. The van der Waals surface area contributed by atoms with E-state index in [0.717, 1.165) is 22.5 Å². The molecule has 1 aliphatic heterocycles. The van der Waals surface area contributed by atoms with Gasteiger partial charge in [0.15, 0.2) is 0 Å². The van der Waals surface area contributed by atoms with Crippen LogP contribution in [0.1, 0.15) is 82.2 Å². The standard InChI is InChI=1S/C32H34F6N2O5/c1-17-28(20-11-22(31(33,34)35)13-23(12-20)32(36,37)38)45-29(43)39(17)16-21-15-30(4,5)10-9-25(21)26-14-24(7-8-27(26)44-6)40(18(2)41)19(3)42/h7-8,11-14,17,28H,9-10,15-16H2,1-6H3. The lowest BCUT2D eigenvalue weighted by Crippen LogP contribution is -2.36. The number of carbonyl (C=O) groups excluding carboxylic acids is 3. The molecule has 2 aromatic carbocycles. The van der Waals surface area contributed by atoms with Gasteiger partial charge in [0.2, 0.25) is 11.8 Å². The number of cyclic esters (lactones) is 1. The molecule has 3 amide bonds. The molecule has 0 spiro atoms. The Morgan fingerprint density at radius 1 is 1.00 bits per heavy atom. The Morgan fingerprint density at radius 2 is 1.58 bits per heavy atom. The number of carbonyl (C=O) groups is 3. The van der Waals surface area contributed by atoms with Crippen molar-refractivity contribution in [1.29, 1.82) is 0 Å². The van der Waals surface area contributed by atoms with Gasteiger partial charge in [0.1, 0.15) is 11.9 Å². The Balaban J connectivity index is 1.78. The quantitative estimate of drug-likeness (QED) is 0.298. The first kappa shape index (κ1) is 33.9. The summed E-state index contributed by atoms with van der Waals surface area (Å²) < 4.78 is 92.3. The van der Waals surface area contributed by atoms with Gasteiger partial charge >= 0.3 is 18.4 Å². The summed E-state index contributed by atoms with van der Waals surface area (Å²) in [6.07, 6.45) is -10.6. The van der Waals surface area contributed by atoms with Gasteiger partial charge in [0.05, 0.1) is 30.0 Å². The summed E-state index contributed by atoms with van der Waals surface area (Å²) in [7, 11) is 1.47. The topological polar surface area (TPSA) is 76.2 Å². The van der Waals surface area contributed by atoms with Gasteiger partial charge in [-0.05, 0) is 84.7 Å². The molecule has 0 saturated carbocycles. The van der Waals surface area contributed by atoms with Crippen molar-refractivity contribution < 1.29 is 50.2 Å². The number of allylic oxidation sites excluding steroid dienone is 1. The minimum atomic E-state index is -5.05. The van der Waals surface area contributed by atoms with Crippen molar-refractivity contribution in [1.82, 2.24) is 4.90 Å². The lowest BCUT2D eigenvalue weighted by Gasteiger charge is -2.36. The van der Waals surface area contributed by atoms with E-state index < -0.39 is 59.1 Å². The number of rotatable bonds is 6. The second kappa shape index (κ2) is 12.1. The Kier molecular flexibility index (Phi) is 9.07. The molecule has 244 valence electrons. The maximum absolute atomic E-state index is 13.5. The minimum Gasteiger partial charge on any atom is -0.496 e. The molecule has 0 radical (unpaired) electrons. The molecule has 2 aromatic rings. The predicted octanol–water partition coefficient (Wildman–Crippen LogP) is 8.18. The highest BCUT2D eigenvalue weighted by atomic mass is 19.4. The van der Waals surface area contributed by atoms with Crippen molar-refractivity contribution in [3.8, 4) is 5.75 Å². The molecule has 0 aromatic heterocycles. The number of anilines is 1. The van der Waals surface area contributed by atoms with Crippen LogP contribution in [0.2, 0.25) is 0 Å². The molecule has 2 aliphatic rings. The van der Waals surface area contributed by atoms with Gasteiger partial charge in [-0.1, -0.05) is 13.8 Å². The van der Waals surface area contributed by atoms with Crippen molar-refractivity contribution >= 4 is 29.2 Å². The van der Waals surface area contributed by atoms with Crippen LogP contribution in [0.15, 0.2) is 42.0 Å². The summed E-state index contributed by atoms with van der Waals surface area (Å²) in [5.41, 5.74) is -1.12. The molecule has 0 N–H and O–H groups in total. The summed E-state index contributed by atoms with van der Waals surface area (Å²) in [6, 6.07) is 5.13. The van der Waals surface area contributed by atoms with Crippen LogP contribution >= 0.6 is 0 Å². The zero-order chi connectivity index (χ0) is 33.6. The third-order valence-electron chi connectivity index (χ3n) is 8.26. The Bertz CT molecular complexity index is 1500. The average molecular weight is 641 g/mol. The highest BCUT2D eigenvalue weighted by molar-refractivity contribution is 6.13. The second-order valence-corrected chi connectivity index (χ2v) is 12.2. The molecule has 7 nitrogen and oxygen atoms in total. The van der Waals surface area contributed by atoms with Crippen molar-refractivity contribution in [3.05, 3.63) is 64.2 Å². The third-order valence-corrected chi connectivity index (χ3v) is 8.26. The average Bonchev–Trinajstić information content (AvgIpc) is 3.19. The fraction of sp³-hybridized carbons (Fsp3) is 0.469. The first-order chi connectivity index (χ1) is 20.7. The van der Waals surface area contributed by atoms with Gasteiger partial charge in [0, 0.05) is 26.0 Å².